The van der Waals surface area contributed by atoms with Gasteiger partial charge < -0.3 is 15.4 Å². The van der Waals surface area contributed by atoms with Crippen LogP contribution in [-0.2, 0) is 0 Å². The molecule has 3 N–H and O–H groups in total. The third kappa shape index (κ3) is 3.51. The number of aliphatic hydroxyl groups excluding tert-OH is 1. The van der Waals surface area contributed by atoms with Gasteiger partial charge >= 0.3 is 0 Å². The van der Waals surface area contributed by atoms with Gasteiger partial charge in [-0.25, -0.2) is 9.97 Å². The molecule has 0 amide bonds. The van der Waals surface area contributed by atoms with Crippen molar-refractivity contribution in [3.05, 3.63) is 42.7 Å². The molecule has 0 saturated heterocycles. The molecule has 0 spiro atoms. The standard InChI is InChI=1S/C18H22N4O.H2/c1-12(2)10-13(11-23)21-17-5-3-4-16(22-17)14-6-8-19-18-15(14)7-9-20-18;/h3-9,12-13,23H,10-11H2,1-2H3,(H,19,20)(H,21,22);1H/t13-;/m0./s1. The Morgan fingerprint density at radius 3 is 2.91 bits per heavy atom. The summed E-state index contributed by atoms with van der Waals surface area (Å²) in [6.07, 6.45) is 4.57. The number of fused-ring (bicyclic) bond motifs is 1. The Morgan fingerprint density at radius 2 is 2.13 bits per heavy atom. The zero-order chi connectivity index (χ0) is 16.2. The summed E-state index contributed by atoms with van der Waals surface area (Å²) in [5.41, 5.74) is 2.79. The number of aliphatic hydroxyl groups is 1. The summed E-state index contributed by atoms with van der Waals surface area (Å²) in [5.74, 6) is 1.30. The second kappa shape index (κ2) is 6.79. The second-order valence-corrected chi connectivity index (χ2v) is 6.16. The van der Waals surface area contributed by atoms with Crippen molar-refractivity contribution in [2.45, 2.75) is 26.3 Å². The van der Waals surface area contributed by atoms with Crippen LogP contribution in [0.2, 0.25) is 0 Å². The summed E-state index contributed by atoms with van der Waals surface area (Å²) in [6, 6.07) is 9.90. The Labute approximate surface area is 137 Å². The first-order valence-corrected chi connectivity index (χ1v) is 7.94. The number of aromatic nitrogens is 3. The van der Waals surface area contributed by atoms with Crippen LogP contribution in [0.1, 0.15) is 21.7 Å². The van der Waals surface area contributed by atoms with E-state index < -0.39 is 0 Å². The van der Waals surface area contributed by atoms with Crippen molar-refractivity contribution in [2.75, 3.05) is 11.9 Å². The minimum atomic E-state index is 0. The number of pyridine rings is 2. The lowest BCUT2D eigenvalue weighted by Gasteiger charge is -2.19. The van der Waals surface area contributed by atoms with Crippen molar-refractivity contribution in [1.29, 1.82) is 0 Å². The lowest BCUT2D eigenvalue weighted by Crippen LogP contribution is -2.26. The van der Waals surface area contributed by atoms with Crippen LogP contribution in [0.4, 0.5) is 5.82 Å². The molecule has 0 aliphatic rings. The molecular formula is C18H24N4O. The minimum Gasteiger partial charge on any atom is -0.394 e. The maximum Gasteiger partial charge on any atom is 0.137 e. The molecule has 0 saturated carbocycles. The van der Waals surface area contributed by atoms with Gasteiger partial charge in [0.05, 0.1) is 18.3 Å². The van der Waals surface area contributed by atoms with Crippen LogP contribution in [0.15, 0.2) is 42.7 Å². The maximum atomic E-state index is 9.53. The molecule has 0 aromatic carbocycles. The van der Waals surface area contributed by atoms with Gasteiger partial charge in [0.15, 0.2) is 0 Å². The van der Waals surface area contributed by atoms with Crippen molar-refractivity contribution >= 4 is 16.9 Å². The van der Waals surface area contributed by atoms with Gasteiger partial charge in [0, 0.05) is 24.8 Å². The minimum absolute atomic E-state index is 0. The van der Waals surface area contributed by atoms with Gasteiger partial charge in [0.1, 0.15) is 11.5 Å². The summed E-state index contributed by atoms with van der Waals surface area (Å²) in [5, 5.41) is 13.9. The largest absolute Gasteiger partial charge is 0.394 e. The molecule has 0 aliphatic heterocycles. The van der Waals surface area contributed by atoms with E-state index in [9.17, 15) is 5.11 Å². The van der Waals surface area contributed by atoms with Gasteiger partial charge in [0.2, 0.25) is 0 Å². The Bertz CT molecular complexity index is 787. The van der Waals surface area contributed by atoms with E-state index in [1.165, 1.54) is 0 Å². The molecule has 0 aliphatic carbocycles. The molecule has 122 valence electrons. The van der Waals surface area contributed by atoms with Crippen LogP contribution < -0.4 is 5.32 Å². The quantitative estimate of drug-likeness (QED) is 0.649. The fourth-order valence-electron chi connectivity index (χ4n) is 2.81. The first-order valence-electron chi connectivity index (χ1n) is 7.94. The number of hydrogen-bond acceptors (Lipinski definition) is 4. The number of anilines is 1. The number of H-pyrrole nitrogens is 1. The molecule has 3 aromatic rings. The van der Waals surface area contributed by atoms with Gasteiger partial charge in [-0.05, 0) is 36.6 Å². The van der Waals surface area contributed by atoms with Gasteiger partial charge in [-0.1, -0.05) is 19.9 Å². The van der Waals surface area contributed by atoms with Crippen molar-refractivity contribution in [3.63, 3.8) is 0 Å². The summed E-state index contributed by atoms with van der Waals surface area (Å²) in [7, 11) is 0. The van der Waals surface area contributed by atoms with Gasteiger partial charge in [-0.15, -0.1) is 0 Å². The molecule has 3 aromatic heterocycles. The Kier molecular flexibility index (Phi) is 4.57. The zero-order valence-corrected chi connectivity index (χ0v) is 13.5. The van der Waals surface area contributed by atoms with Gasteiger partial charge in [-0.3, -0.25) is 0 Å². The molecule has 5 heteroatoms. The molecule has 0 unspecified atom stereocenters. The highest BCUT2D eigenvalue weighted by Crippen LogP contribution is 2.26. The number of rotatable bonds is 6. The van der Waals surface area contributed by atoms with E-state index in [4.69, 9.17) is 4.98 Å². The monoisotopic (exact) mass is 312 g/mol. The SMILES string of the molecule is CC(C)C[C@@H](CO)Nc1cccc(-c2ccnc3[nH]ccc23)n1.[HH]. The lowest BCUT2D eigenvalue weighted by molar-refractivity contribution is 0.259. The van der Waals surface area contributed by atoms with Crippen molar-refractivity contribution < 1.29 is 6.53 Å². The molecule has 3 rings (SSSR count). The summed E-state index contributed by atoms with van der Waals surface area (Å²) in [4.78, 5) is 12.1. The van der Waals surface area contributed by atoms with E-state index in [0.29, 0.717) is 5.92 Å². The molecule has 23 heavy (non-hydrogen) atoms. The van der Waals surface area contributed by atoms with Crippen LogP contribution in [0.25, 0.3) is 22.3 Å². The van der Waals surface area contributed by atoms with E-state index in [-0.39, 0.29) is 14.1 Å². The van der Waals surface area contributed by atoms with Crippen LogP contribution in [0, 0.1) is 5.92 Å². The fraction of sp³-hybridized carbons (Fsp3) is 0.333. The highest BCUT2D eigenvalue weighted by Gasteiger charge is 2.12. The van der Waals surface area contributed by atoms with E-state index in [0.717, 1.165) is 34.5 Å². The molecule has 0 radical (unpaired) electrons. The smallest absolute Gasteiger partial charge is 0.137 e. The fourth-order valence-corrected chi connectivity index (χ4v) is 2.81. The van der Waals surface area contributed by atoms with Crippen molar-refractivity contribution in [2.24, 2.45) is 5.92 Å². The average Bonchev–Trinajstić information content (AvgIpc) is 3.02. The number of nitrogens with one attached hydrogen (secondary N) is 2. The third-order valence-corrected chi connectivity index (χ3v) is 3.81. The summed E-state index contributed by atoms with van der Waals surface area (Å²) >= 11 is 0. The van der Waals surface area contributed by atoms with Crippen LogP contribution in [0.3, 0.4) is 0 Å². The molecule has 0 bridgehead atoms. The molecule has 0 fully saturated rings. The first kappa shape index (κ1) is 15.5. The second-order valence-electron chi connectivity index (χ2n) is 6.16. The molecule has 5 nitrogen and oxygen atoms in total. The molecular weight excluding hydrogens is 288 g/mol. The Hall–Kier alpha value is -2.40. The molecule has 1 atom stereocenters. The topological polar surface area (TPSA) is 73.8 Å². The first-order chi connectivity index (χ1) is 11.2. The van der Waals surface area contributed by atoms with Crippen LogP contribution in [0.5, 0.6) is 0 Å². The highest BCUT2D eigenvalue weighted by atomic mass is 16.3. The van der Waals surface area contributed by atoms with Gasteiger partial charge in [-0.2, -0.15) is 0 Å². The van der Waals surface area contributed by atoms with E-state index in [2.05, 4.69) is 29.1 Å². The Morgan fingerprint density at radius 1 is 1.26 bits per heavy atom. The van der Waals surface area contributed by atoms with E-state index >= 15 is 0 Å². The Balaban J connectivity index is 0.00000208. The predicted octanol–water partition coefficient (Wildman–Crippen LogP) is 3.69. The zero-order valence-electron chi connectivity index (χ0n) is 13.5. The normalized spacial score (nSPS) is 12.7. The predicted molar refractivity (Wildman–Crippen MR) is 95.4 cm³/mol. The molecule has 3 heterocycles. The lowest BCUT2D eigenvalue weighted by atomic mass is 10.0. The number of nitrogens with zero attached hydrogens (tertiary/aromatic N) is 2. The van der Waals surface area contributed by atoms with E-state index in [1.807, 2.05) is 36.5 Å². The number of aromatic amines is 1. The van der Waals surface area contributed by atoms with Crippen LogP contribution >= 0.6 is 0 Å². The van der Waals surface area contributed by atoms with Crippen molar-refractivity contribution in [1.82, 2.24) is 15.0 Å². The van der Waals surface area contributed by atoms with Gasteiger partial charge in [0.25, 0.3) is 0 Å². The van der Waals surface area contributed by atoms with Crippen LogP contribution in [-0.4, -0.2) is 32.7 Å². The highest BCUT2D eigenvalue weighted by molar-refractivity contribution is 5.91. The average molecular weight is 312 g/mol. The summed E-state index contributed by atoms with van der Waals surface area (Å²) in [6.45, 7) is 4.39. The third-order valence-electron chi connectivity index (χ3n) is 3.81. The number of hydrogen-bond donors (Lipinski definition) is 3. The summed E-state index contributed by atoms with van der Waals surface area (Å²) < 4.78 is 0. The van der Waals surface area contributed by atoms with E-state index in [1.54, 1.807) is 6.20 Å². The maximum absolute atomic E-state index is 9.53. The van der Waals surface area contributed by atoms with Crippen molar-refractivity contribution in [3.8, 4) is 11.3 Å².